The third-order valence-corrected chi connectivity index (χ3v) is 5.79. The van der Waals surface area contributed by atoms with Crippen molar-refractivity contribution in [2.24, 2.45) is 0 Å². The highest BCUT2D eigenvalue weighted by Crippen LogP contribution is 2.24. The van der Waals surface area contributed by atoms with E-state index in [9.17, 15) is 9.59 Å². The van der Waals surface area contributed by atoms with Crippen molar-refractivity contribution in [2.75, 3.05) is 32.7 Å². The molecule has 1 saturated heterocycles. The third-order valence-electron chi connectivity index (χ3n) is 5.79. The van der Waals surface area contributed by atoms with E-state index in [1.54, 1.807) is 11.2 Å². The fourth-order valence-electron chi connectivity index (χ4n) is 4.17. The summed E-state index contributed by atoms with van der Waals surface area (Å²) in [5.74, 6) is 0.798. The SMILES string of the molecule is O=C(NCC(=O)N1CCc2ccccc2C1)NCC(c1ccco1)N1CCCC1. The van der Waals surface area contributed by atoms with E-state index in [1.807, 2.05) is 24.3 Å². The van der Waals surface area contributed by atoms with Gasteiger partial charge >= 0.3 is 6.03 Å². The van der Waals surface area contributed by atoms with Crippen molar-refractivity contribution in [3.05, 3.63) is 59.5 Å². The average Bonchev–Trinajstić information content (AvgIpc) is 3.47. The normalized spacial score (nSPS) is 17.6. The first kappa shape index (κ1) is 19.5. The molecule has 2 aliphatic heterocycles. The van der Waals surface area contributed by atoms with Gasteiger partial charge in [-0.25, -0.2) is 4.79 Å². The van der Waals surface area contributed by atoms with Crippen LogP contribution < -0.4 is 10.6 Å². The van der Waals surface area contributed by atoms with E-state index in [0.717, 1.165) is 38.1 Å². The van der Waals surface area contributed by atoms with E-state index >= 15 is 0 Å². The van der Waals surface area contributed by atoms with Crippen molar-refractivity contribution in [3.8, 4) is 0 Å². The minimum absolute atomic E-state index is 0.00311. The molecule has 7 nitrogen and oxygen atoms in total. The Balaban J connectivity index is 1.25. The lowest BCUT2D eigenvalue weighted by atomic mass is 10.00. The molecule has 1 aromatic carbocycles. The summed E-state index contributed by atoms with van der Waals surface area (Å²) in [6.07, 6.45) is 4.84. The largest absolute Gasteiger partial charge is 0.468 e. The van der Waals surface area contributed by atoms with Crippen molar-refractivity contribution in [3.63, 3.8) is 0 Å². The van der Waals surface area contributed by atoms with Gasteiger partial charge in [0.25, 0.3) is 0 Å². The number of rotatable bonds is 6. The van der Waals surface area contributed by atoms with Gasteiger partial charge in [-0.1, -0.05) is 24.3 Å². The van der Waals surface area contributed by atoms with Crippen LogP contribution in [0.3, 0.4) is 0 Å². The fourth-order valence-corrected chi connectivity index (χ4v) is 4.17. The minimum Gasteiger partial charge on any atom is -0.468 e. The number of urea groups is 1. The molecule has 1 aromatic heterocycles. The van der Waals surface area contributed by atoms with Crippen molar-refractivity contribution >= 4 is 11.9 Å². The van der Waals surface area contributed by atoms with Crippen LogP contribution in [-0.4, -0.2) is 54.5 Å². The maximum atomic E-state index is 12.5. The summed E-state index contributed by atoms with van der Waals surface area (Å²) in [5.41, 5.74) is 2.48. The van der Waals surface area contributed by atoms with Crippen LogP contribution in [0.2, 0.25) is 0 Å². The van der Waals surface area contributed by atoms with Gasteiger partial charge in [0.2, 0.25) is 5.91 Å². The Kier molecular flexibility index (Phi) is 6.14. The molecule has 154 valence electrons. The summed E-state index contributed by atoms with van der Waals surface area (Å²) in [5, 5.41) is 5.60. The Hall–Kier alpha value is -2.80. The molecule has 2 aromatic rings. The first-order valence-corrected chi connectivity index (χ1v) is 10.3. The number of carbonyl (C=O) groups is 2. The molecule has 2 N–H and O–H groups in total. The molecule has 4 rings (SSSR count). The van der Waals surface area contributed by atoms with Gasteiger partial charge in [-0.2, -0.15) is 0 Å². The molecule has 0 aliphatic carbocycles. The van der Waals surface area contributed by atoms with E-state index < -0.39 is 0 Å². The fraction of sp³-hybridized carbons (Fsp3) is 0.455. The number of fused-ring (bicyclic) bond motifs is 1. The Morgan fingerprint density at radius 2 is 1.79 bits per heavy atom. The van der Waals surface area contributed by atoms with Gasteiger partial charge in [-0.05, 0) is 55.6 Å². The van der Waals surface area contributed by atoms with Gasteiger partial charge in [0, 0.05) is 19.6 Å². The van der Waals surface area contributed by atoms with Crippen LogP contribution in [0.5, 0.6) is 0 Å². The van der Waals surface area contributed by atoms with Crippen molar-refractivity contribution in [2.45, 2.75) is 31.8 Å². The zero-order valence-electron chi connectivity index (χ0n) is 16.6. The molecule has 1 atom stereocenters. The molecule has 0 radical (unpaired) electrons. The minimum atomic E-state index is -0.327. The van der Waals surface area contributed by atoms with Gasteiger partial charge in [0.1, 0.15) is 5.76 Å². The Morgan fingerprint density at radius 3 is 2.55 bits per heavy atom. The third kappa shape index (κ3) is 4.79. The number of carbonyl (C=O) groups excluding carboxylic acids is 2. The second kappa shape index (κ2) is 9.13. The van der Waals surface area contributed by atoms with E-state index in [2.05, 4.69) is 27.7 Å². The summed E-state index contributed by atoms with van der Waals surface area (Å²) in [7, 11) is 0. The highest BCUT2D eigenvalue weighted by atomic mass is 16.3. The van der Waals surface area contributed by atoms with Crippen molar-refractivity contribution in [1.82, 2.24) is 20.4 Å². The lowest BCUT2D eigenvalue weighted by molar-refractivity contribution is -0.131. The monoisotopic (exact) mass is 396 g/mol. The molecule has 1 fully saturated rings. The molecule has 29 heavy (non-hydrogen) atoms. The highest BCUT2D eigenvalue weighted by molar-refractivity contribution is 5.84. The first-order chi connectivity index (χ1) is 14.2. The molecule has 1 unspecified atom stereocenters. The summed E-state index contributed by atoms with van der Waals surface area (Å²) in [4.78, 5) is 28.9. The summed E-state index contributed by atoms with van der Waals surface area (Å²) >= 11 is 0. The molecule has 2 aliphatic rings. The van der Waals surface area contributed by atoms with Crippen LogP contribution >= 0.6 is 0 Å². The van der Waals surface area contributed by atoms with Crippen LogP contribution in [0.25, 0.3) is 0 Å². The molecular weight excluding hydrogens is 368 g/mol. The van der Waals surface area contributed by atoms with Gasteiger partial charge in [-0.15, -0.1) is 0 Å². The van der Waals surface area contributed by atoms with E-state index in [-0.39, 0.29) is 24.5 Å². The molecule has 3 heterocycles. The lowest BCUT2D eigenvalue weighted by Gasteiger charge is -2.29. The second-order valence-corrected chi connectivity index (χ2v) is 7.67. The van der Waals surface area contributed by atoms with E-state index in [4.69, 9.17) is 4.42 Å². The number of likely N-dealkylation sites (tertiary alicyclic amines) is 1. The molecule has 3 amide bonds. The summed E-state index contributed by atoms with van der Waals surface area (Å²) < 4.78 is 5.57. The number of hydrogen-bond donors (Lipinski definition) is 2. The number of amides is 3. The second-order valence-electron chi connectivity index (χ2n) is 7.67. The van der Waals surface area contributed by atoms with Crippen LogP contribution in [0.4, 0.5) is 4.79 Å². The quantitative estimate of drug-likeness (QED) is 0.786. The number of nitrogens with zero attached hydrogens (tertiary/aromatic N) is 2. The van der Waals surface area contributed by atoms with Gasteiger partial charge < -0.3 is 20.0 Å². The number of furan rings is 1. The van der Waals surface area contributed by atoms with Gasteiger partial charge in [0.15, 0.2) is 0 Å². The number of benzene rings is 1. The summed E-state index contributed by atoms with van der Waals surface area (Å²) in [6.45, 7) is 3.75. The molecular formula is C22H28N4O3. The maximum Gasteiger partial charge on any atom is 0.315 e. The molecule has 0 bridgehead atoms. The van der Waals surface area contributed by atoms with Crippen LogP contribution in [0, 0.1) is 0 Å². The average molecular weight is 396 g/mol. The molecule has 7 heteroatoms. The van der Waals surface area contributed by atoms with E-state index in [0.29, 0.717) is 19.6 Å². The Morgan fingerprint density at radius 1 is 1.00 bits per heavy atom. The Labute approximate surface area is 171 Å². The predicted molar refractivity (Wildman–Crippen MR) is 109 cm³/mol. The van der Waals surface area contributed by atoms with E-state index in [1.165, 1.54) is 11.1 Å². The zero-order chi connectivity index (χ0) is 20.1. The van der Waals surface area contributed by atoms with Gasteiger partial charge in [0.05, 0.1) is 18.8 Å². The lowest BCUT2D eigenvalue weighted by Crippen LogP contribution is -2.46. The first-order valence-electron chi connectivity index (χ1n) is 10.3. The number of nitrogens with one attached hydrogen (secondary N) is 2. The number of hydrogen-bond acceptors (Lipinski definition) is 4. The predicted octanol–water partition coefficient (Wildman–Crippen LogP) is 2.30. The summed E-state index contributed by atoms with van der Waals surface area (Å²) in [6, 6.07) is 11.7. The Bertz CT molecular complexity index is 830. The van der Waals surface area contributed by atoms with Crippen molar-refractivity contribution < 1.29 is 14.0 Å². The molecule has 0 saturated carbocycles. The van der Waals surface area contributed by atoms with Crippen LogP contribution in [0.1, 0.15) is 35.8 Å². The maximum absolute atomic E-state index is 12.5. The van der Waals surface area contributed by atoms with Crippen molar-refractivity contribution in [1.29, 1.82) is 0 Å². The highest BCUT2D eigenvalue weighted by Gasteiger charge is 2.26. The standard InChI is InChI=1S/C22H28N4O3/c27-21(26-12-9-17-6-1-2-7-18(17)16-26)15-24-22(28)23-14-19(20-8-5-13-29-20)25-10-3-4-11-25/h1-2,5-8,13,19H,3-4,9-12,14-16H2,(H2,23,24,28). The molecule has 0 spiro atoms. The van der Waals surface area contributed by atoms with Crippen LogP contribution in [-0.2, 0) is 17.8 Å². The smallest absolute Gasteiger partial charge is 0.315 e. The zero-order valence-corrected chi connectivity index (χ0v) is 16.6. The van der Waals surface area contributed by atoms with Gasteiger partial charge in [-0.3, -0.25) is 9.69 Å². The van der Waals surface area contributed by atoms with Crippen LogP contribution in [0.15, 0.2) is 47.1 Å². The topological polar surface area (TPSA) is 77.8 Å².